The lowest BCUT2D eigenvalue weighted by atomic mass is 10.1. The first-order chi connectivity index (χ1) is 16.9. The fraction of sp³-hybridized carbons (Fsp3) is 0.276. The highest BCUT2D eigenvalue weighted by Gasteiger charge is 2.37. The minimum Gasteiger partial charge on any atom is -0.381 e. The molecule has 1 fully saturated rings. The van der Waals surface area contributed by atoms with Crippen LogP contribution < -0.4 is 10.6 Å². The van der Waals surface area contributed by atoms with Gasteiger partial charge in [-0.3, -0.25) is 9.79 Å². The Kier molecular flexibility index (Phi) is 7.01. The fourth-order valence-corrected chi connectivity index (χ4v) is 4.31. The van der Waals surface area contributed by atoms with Crippen molar-refractivity contribution in [3.05, 3.63) is 95.6 Å². The van der Waals surface area contributed by atoms with E-state index < -0.39 is 0 Å². The molecular formula is C29H37N5O. The van der Waals surface area contributed by atoms with Crippen molar-refractivity contribution in [2.45, 2.75) is 40.2 Å². The van der Waals surface area contributed by atoms with Crippen LogP contribution in [0.2, 0.25) is 0 Å². The molecule has 0 aliphatic heterocycles. The summed E-state index contributed by atoms with van der Waals surface area (Å²) in [6.07, 6.45) is 8.64. The molecule has 0 bridgehead atoms. The standard InChI is InChI=1S/C27H27N5O.C2H6.2H2/c1-16-10-21-13-24(21)25(16)28-14-17(2)30-18(3)19-6-5-7-23(12-19)31-27(33)22-11-20-8-9-32(4)26(20)29-15-22;1-2;;/h5-9,11-15,18,24,30H,1,10H2,2-4H3,(H,31,33);1-2H3;2*1H/b17-14+,28-25?;;;/t18-,24?;;;/m0.../s1. The molecule has 184 valence electrons. The molecule has 1 saturated carbocycles. The number of fused-ring (bicyclic) bond motifs is 2. The number of anilines is 1. The van der Waals surface area contributed by atoms with E-state index in [0.29, 0.717) is 11.5 Å². The van der Waals surface area contributed by atoms with Crippen LogP contribution >= 0.6 is 0 Å². The summed E-state index contributed by atoms with van der Waals surface area (Å²) in [5, 5.41) is 7.41. The maximum absolute atomic E-state index is 12.8. The van der Waals surface area contributed by atoms with Crippen LogP contribution in [0.25, 0.3) is 11.0 Å². The highest BCUT2D eigenvalue weighted by atomic mass is 16.1. The van der Waals surface area contributed by atoms with E-state index in [1.54, 1.807) is 6.20 Å². The van der Waals surface area contributed by atoms with Crippen molar-refractivity contribution < 1.29 is 7.65 Å². The number of hydrogen-bond acceptors (Lipinski definition) is 4. The van der Waals surface area contributed by atoms with Crippen molar-refractivity contribution in [3.63, 3.8) is 0 Å². The zero-order chi connectivity index (χ0) is 25.1. The number of hydrogen-bond donors (Lipinski definition) is 2. The zero-order valence-electron chi connectivity index (χ0n) is 21.1. The van der Waals surface area contributed by atoms with Crippen molar-refractivity contribution in [1.82, 2.24) is 14.9 Å². The number of rotatable bonds is 6. The largest absolute Gasteiger partial charge is 0.381 e. The van der Waals surface area contributed by atoms with Gasteiger partial charge in [-0.15, -0.1) is 0 Å². The summed E-state index contributed by atoms with van der Waals surface area (Å²) >= 11 is 0. The Morgan fingerprint density at radius 1 is 1.31 bits per heavy atom. The van der Waals surface area contributed by atoms with Crippen molar-refractivity contribution in [2.24, 2.45) is 18.0 Å². The van der Waals surface area contributed by atoms with E-state index in [0.717, 1.165) is 45.7 Å². The number of aryl methyl sites for hydroxylation is 1. The van der Waals surface area contributed by atoms with Gasteiger partial charge in [0.1, 0.15) is 5.65 Å². The van der Waals surface area contributed by atoms with Crippen molar-refractivity contribution in [1.29, 1.82) is 0 Å². The van der Waals surface area contributed by atoms with Crippen molar-refractivity contribution in [3.8, 4) is 0 Å². The number of amides is 1. The van der Waals surface area contributed by atoms with Crippen LogP contribution in [0, 0.1) is 5.92 Å². The minimum atomic E-state index is -0.178. The predicted molar refractivity (Wildman–Crippen MR) is 149 cm³/mol. The summed E-state index contributed by atoms with van der Waals surface area (Å²) < 4.78 is 1.93. The Bertz CT molecular complexity index is 1390. The normalized spacial score (nSPS) is 18.5. The lowest BCUT2D eigenvalue weighted by molar-refractivity contribution is 0.102. The molecule has 2 aliphatic rings. The molecule has 3 aromatic rings. The number of carbonyl (C=O) groups excluding carboxylic acids is 1. The number of aromatic nitrogens is 2. The minimum absolute atomic E-state index is 0. The fourth-order valence-electron chi connectivity index (χ4n) is 4.31. The summed E-state index contributed by atoms with van der Waals surface area (Å²) in [5.41, 5.74) is 7.85. The van der Waals surface area contributed by atoms with Gasteiger partial charge >= 0.3 is 0 Å². The Morgan fingerprint density at radius 2 is 2.11 bits per heavy atom. The van der Waals surface area contributed by atoms with Gasteiger partial charge in [0, 0.05) is 57.2 Å². The van der Waals surface area contributed by atoms with E-state index >= 15 is 0 Å². The van der Waals surface area contributed by atoms with Crippen LogP contribution in [0.3, 0.4) is 0 Å². The average Bonchev–Trinajstić information content (AvgIpc) is 3.40. The van der Waals surface area contributed by atoms with Gasteiger partial charge in [0.25, 0.3) is 5.91 Å². The number of pyridine rings is 1. The van der Waals surface area contributed by atoms with Crippen LogP contribution in [0.4, 0.5) is 5.69 Å². The molecule has 0 radical (unpaired) electrons. The van der Waals surface area contributed by atoms with E-state index in [9.17, 15) is 4.79 Å². The summed E-state index contributed by atoms with van der Waals surface area (Å²) in [6.45, 7) is 12.2. The van der Waals surface area contributed by atoms with Crippen LogP contribution in [0.15, 0.2) is 89.5 Å². The summed E-state index contributed by atoms with van der Waals surface area (Å²) in [7, 11) is 1.94. The molecule has 2 aliphatic carbocycles. The predicted octanol–water partition coefficient (Wildman–Crippen LogP) is 6.81. The maximum atomic E-state index is 12.8. The third kappa shape index (κ3) is 5.27. The molecule has 2 atom stereocenters. The molecule has 1 amide bonds. The third-order valence-corrected chi connectivity index (χ3v) is 6.20. The van der Waals surface area contributed by atoms with Crippen LogP contribution in [-0.2, 0) is 7.05 Å². The molecule has 5 rings (SSSR count). The Balaban J connectivity index is 0.00000118. The lowest BCUT2D eigenvalue weighted by Crippen LogP contribution is -2.17. The average molecular weight is 472 g/mol. The van der Waals surface area contributed by atoms with E-state index in [2.05, 4.69) is 40.2 Å². The second kappa shape index (κ2) is 10.1. The molecule has 1 unspecified atom stereocenters. The van der Waals surface area contributed by atoms with E-state index in [4.69, 9.17) is 0 Å². The number of aliphatic imine (C=N–C) groups is 1. The Morgan fingerprint density at radius 3 is 2.86 bits per heavy atom. The number of allylic oxidation sites excluding steroid dienone is 4. The zero-order valence-corrected chi connectivity index (χ0v) is 21.1. The number of nitrogens with one attached hydrogen (secondary N) is 2. The van der Waals surface area contributed by atoms with Crippen molar-refractivity contribution in [2.75, 3.05) is 5.32 Å². The summed E-state index contributed by atoms with van der Waals surface area (Å²) in [5.74, 6) is 0.250. The maximum Gasteiger partial charge on any atom is 0.257 e. The number of benzene rings is 1. The molecule has 2 heterocycles. The first kappa shape index (κ1) is 24.2. The van der Waals surface area contributed by atoms with Gasteiger partial charge in [0.05, 0.1) is 11.3 Å². The lowest BCUT2D eigenvalue weighted by Gasteiger charge is -2.17. The molecule has 6 nitrogen and oxygen atoms in total. The van der Waals surface area contributed by atoms with Gasteiger partial charge in [-0.2, -0.15) is 0 Å². The van der Waals surface area contributed by atoms with E-state index in [1.807, 2.05) is 81.2 Å². The smallest absolute Gasteiger partial charge is 0.257 e. The number of carbonyl (C=O) groups is 1. The molecule has 6 heteroatoms. The summed E-state index contributed by atoms with van der Waals surface area (Å²) in [4.78, 5) is 21.9. The van der Waals surface area contributed by atoms with Crippen molar-refractivity contribution >= 4 is 28.3 Å². The molecular weight excluding hydrogens is 434 g/mol. The van der Waals surface area contributed by atoms with Crippen LogP contribution in [0.5, 0.6) is 0 Å². The Hall–Kier alpha value is -3.93. The van der Waals surface area contributed by atoms with Crippen LogP contribution in [0.1, 0.15) is 58.9 Å². The molecule has 2 N–H and O–H groups in total. The molecule has 1 aromatic carbocycles. The molecule has 2 aromatic heterocycles. The first-order valence-corrected chi connectivity index (χ1v) is 12.1. The first-order valence-electron chi connectivity index (χ1n) is 12.1. The highest BCUT2D eigenvalue weighted by Crippen LogP contribution is 2.44. The molecule has 0 saturated heterocycles. The van der Waals surface area contributed by atoms with Crippen LogP contribution in [-0.4, -0.2) is 21.2 Å². The van der Waals surface area contributed by atoms with Gasteiger partial charge in [-0.1, -0.05) is 44.2 Å². The SMILES string of the molecule is C=C1CC2=CC2C1=N/C=C(\C)N[C@@H](C)c1cccc(NC(=O)c2cnc3c(ccn3C)c2)c1.CC.[HH].[HH]. The monoisotopic (exact) mass is 471 g/mol. The van der Waals surface area contributed by atoms with E-state index in [1.165, 1.54) is 5.57 Å². The van der Waals surface area contributed by atoms with Gasteiger partial charge in [-0.25, -0.2) is 4.98 Å². The highest BCUT2D eigenvalue weighted by molar-refractivity contribution is 6.11. The quantitative estimate of drug-likeness (QED) is 0.388. The second-order valence-electron chi connectivity index (χ2n) is 8.84. The molecule has 35 heavy (non-hydrogen) atoms. The third-order valence-electron chi connectivity index (χ3n) is 6.20. The number of nitrogens with zero attached hydrogens (tertiary/aromatic N) is 3. The molecule has 0 spiro atoms. The van der Waals surface area contributed by atoms with Gasteiger partial charge < -0.3 is 15.2 Å². The van der Waals surface area contributed by atoms with Gasteiger partial charge in [-0.05, 0) is 55.7 Å². The van der Waals surface area contributed by atoms with Gasteiger partial charge in [0.2, 0.25) is 0 Å². The van der Waals surface area contributed by atoms with Gasteiger partial charge in [0.15, 0.2) is 0 Å². The Labute approximate surface area is 210 Å². The topological polar surface area (TPSA) is 71.3 Å². The van der Waals surface area contributed by atoms with E-state index in [-0.39, 0.29) is 14.8 Å². The summed E-state index contributed by atoms with van der Waals surface area (Å²) in [6, 6.07) is 11.7. The second-order valence-corrected chi connectivity index (χ2v) is 8.84.